The first-order valence-corrected chi connectivity index (χ1v) is 12.2. The summed E-state index contributed by atoms with van der Waals surface area (Å²) in [5.41, 5.74) is 3.66. The number of aromatic nitrogens is 3. The monoisotopic (exact) mass is 424 g/mol. The van der Waals surface area contributed by atoms with Gasteiger partial charge in [0, 0.05) is 25.1 Å². The van der Waals surface area contributed by atoms with Gasteiger partial charge in [-0.2, -0.15) is 0 Å². The molecule has 1 N–H and O–H groups in total. The molecule has 0 radical (unpaired) electrons. The highest BCUT2D eigenvalue weighted by Crippen LogP contribution is 2.44. The lowest BCUT2D eigenvalue weighted by molar-refractivity contribution is -0.366. The van der Waals surface area contributed by atoms with Crippen molar-refractivity contribution >= 4 is 43.4 Å². The van der Waals surface area contributed by atoms with E-state index in [1.54, 1.807) is 0 Å². The first-order valence-electron chi connectivity index (χ1n) is 11.4. The molecule has 3 aliphatic heterocycles. The Labute approximate surface area is 181 Å². The van der Waals surface area contributed by atoms with Crippen molar-refractivity contribution in [2.45, 2.75) is 64.6 Å². The van der Waals surface area contributed by atoms with Crippen LogP contribution in [-0.4, -0.2) is 41.7 Å². The topological polar surface area (TPSA) is 55.6 Å². The van der Waals surface area contributed by atoms with Crippen LogP contribution in [0, 0.1) is 0 Å². The largest absolute Gasteiger partial charge is 0.370 e. The summed E-state index contributed by atoms with van der Waals surface area (Å²) in [5.74, 6) is 2.38. The normalized spacial score (nSPS) is 21.5. The summed E-state index contributed by atoms with van der Waals surface area (Å²) in [4.78, 5) is 19.7. The highest BCUT2D eigenvalue weighted by molar-refractivity contribution is 7.26. The van der Waals surface area contributed by atoms with Gasteiger partial charge in [0.1, 0.15) is 15.3 Å². The summed E-state index contributed by atoms with van der Waals surface area (Å²) >= 11 is 1.81. The van der Waals surface area contributed by atoms with Gasteiger partial charge in [-0.1, -0.05) is 0 Å². The van der Waals surface area contributed by atoms with Crippen LogP contribution in [0.1, 0.15) is 57.1 Å². The second kappa shape index (κ2) is 7.02. The van der Waals surface area contributed by atoms with Crippen LogP contribution in [0.25, 0.3) is 20.4 Å². The number of rotatable bonds is 2. The third-order valence-electron chi connectivity index (χ3n) is 6.91. The lowest BCUT2D eigenvalue weighted by atomic mass is 9.90. The number of aromatic amines is 1. The number of ether oxygens (including phenoxy) is 1. The number of hydrogen-bond donors (Lipinski definition) is 0. The molecule has 7 heteroatoms. The molecule has 0 saturated carbocycles. The van der Waals surface area contributed by atoms with Crippen molar-refractivity contribution in [3.63, 3.8) is 0 Å². The highest BCUT2D eigenvalue weighted by Gasteiger charge is 2.34. The quantitative estimate of drug-likeness (QED) is 0.620. The minimum atomic E-state index is -0.158. The fraction of sp³-hybridized carbons (Fsp3) is 0.609. The molecule has 6 nitrogen and oxygen atoms in total. The number of pyridine rings is 1. The lowest BCUT2D eigenvalue weighted by Crippen LogP contribution is -2.34. The molecule has 158 valence electrons. The number of fused-ring (bicyclic) bond motifs is 5. The minimum absolute atomic E-state index is 0.158. The zero-order valence-electron chi connectivity index (χ0n) is 18.0. The van der Waals surface area contributed by atoms with Crippen molar-refractivity contribution in [2.24, 2.45) is 0 Å². The molecular weight excluding hydrogens is 394 g/mol. The molecule has 3 aromatic rings. The predicted octanol–water partition coefficient (Wildman–Crippen LogP) is 4.10. The predicted molar refractivity (Wildman–Crippen MR) is 122 cm³/mol. The van der Waals surface area contributed by atoms with Gasteiger partial charge in [-0.05, 0) is 51.5 Å². The fourth-order valence-electron chi connectivity index (χ4n) is 5.35. The van der Waals surface area contributed by atoms with Gasteiger partial charge in [0.2, 0.25) is 12.1 Å². The Balaban J connectivity index is 1.60. The van der Waals surface area contributed by atoms with Gasteiger partial charge in [0.25, 0.3) is 0 Å². The average molecular weight is 425 g/mol. The van der Waals surface area contributed by atoms with Gasteiger partial charge >= 0.3 is 0 Å². The average Bonchev–Trinajstić information content (AvgIpc) is 3.40. The number of nitrogens with zero attached hydrogens (tertiary/aromatic N) is 4. The molecule has 0 aliphatic carbocycles. The first kappa shape index (κ1) is 18.8. The van der Waals surface area contributed by atoms with E-state index in [0.717, 1.165) is 48.8 Å². The SMILES string of the molecule is CC1(C)Cc2c(c(N3CCCC3)nc3sc4c(N5CCCCC5)[nH+]cnc4c23)CO1. The molecule has 0 atom stereocenters. The van der Waals surface area contributed by atoms with Gasteiger partial charge in [-0.15, -0.1) is 16.3 Å². The van der Waals surface area contributed by atoms with Crippen molar-refractivity contribution in [2.75, 3.05) is 36.0 Å². The molecule has 0 aromatic carbocycles. The van der Waals surface area contributed by atoms with Crippen LogP contribution < -0.4 is 14.8 Å². The Morgan fingerprint density at radius 3 is 2.53 bits per heavy atom. The molecule has 0 spiro atoms. The van der Waals surface area contributed by atoms with E-state index in [1.165, 1.54) is 59.1 Å². The Morgan fingerprint density at radius 1 is 1.00 bits per heavy atom. The standard InChI is InChI=1S/C23H29N5OS/c1-23(2)12-15-16(13-29-23)20(27-10-6-7-11-27)26-22-17(15)18-19(30-22)21(25-14-24-18)28-8-4-3-5-9-28/h14H,3-13H2,1-2H3/p+1. The van der Waals surface area contributed by atoms with Gasteiger partial charge in [0.15, 0.2) is 5.52 Å². The molecule has 2 saturated heterocycles. The number of piperidine rings is 1. The molecule has 0 bridgehead atoms. The van der Waals surface area contributed by atoms with E-state index in [1.807, 2.05) is 17.7 Å². The van der Waals surface area contributed by atoms with Gasteiger partial charge in [-0.3, -0.25) is 4.90 Å². The summed E-state index contributed by atoms with van der Waals surface area (Å²) in [5, 5.41) is 1.26. The van der Waals surface area contributed by atoms with Crippen LogP contribution in [0.3, 0.4) is 0 Å². The minimum Gasteiger partial charge on any atom is -0.370 e. The van der Waals surface area contributed by atoms with Gasteiger partial charge in [-0.25, -0.2) is 9.97 Å². The maximum Gasteiger partial charge on any atom is 0.242 e. The third kappa shape index (κ3) is 2.97. The second-order valence-corrected chi connectivity index (χ2v) is 10.6. The Kier molecular flexibility index (Phi) is 4.39. The van der Waals surface area contributed by atoms with Crippen molar-refractivity contribution in [3.8, 4) is 0 Å². The maximum atomic E-state index is 6.25. The van der Waals surface area contributed by atoms with E-state index >= 15 is 0 Å². The smallest absolute Gasteiger partial charge is 0.242 e. The Bertz CT molecular complexity index is 1110. The number of thiophene rings is 1. The van der Waals surface area contributed by atoms with Crippen LogP contribution in [0.4, 0.5) is 11.6 Å². The number of H-pyrrole nitrogens is 1. The molecule has 0 amide bonds. The molecule has 3 aliphatic rings. The molecule has 6 heterocycles. The van der Waals surface area contributed by atoms with E-state index in [0.29, 0.717) is 6.61 Å². The van der Waals surface area contributed by atoms with Crippen molar-refractivity contribution in [3.05, 3.63) is 17.5 Å². The maximum absolute atomic E-state index is 6.25. The summed E-state index contributed by atoms with van der Waals surface area (Å²) in [7, 11) is 0. The van der Waals surface area contributed by atoms with Gasteiger partial charge < -0.3 is 9.64 Å². The van der Waals surface area contributed by atoms with Crippen molar-refractivity contribution < 1.29 is 9.72 Å². The highest BCUT2D eigenvalue weighted by atomic mass is 32.1. The lowest BCUT2D eigenvalue weighted by Gasteiger charge is -2.34. The van der Waals surface area contributed by atoms with E-state index < -0.39 is 0 Å². The second-order valence-electron chi connectivity index (χ2n) is 9.57. The fourth-order valence-corrected chi connectivity index (χ4v) is 6.54. The van der Waals surface area contributed by atoms with Gasteiger partial charge in [0.05, 0.1) is 30.7 Å². The zero-order chi connectivity index (χ0) is 20.3. The summed E-state index contributed by atoms with van der Waals surface area (Å²) in [6, 6.07) is 0. The number of nitrogens with one attached hydrogen (secondary N) is 1. The van der Waals surface area contributed by atoms with Crippen molar-refractivity contribution in [1.82, 2.24) is 9.97 Å². The molecular formula is C23H30N5OS+. The van der Waals surface area contributed by atoms with Crippen LogP contribution in [0.2, 0.25) is 0 Å². The Morgan fingerprint density at radius 2 is 1.73 bits per heavy atom. The van der Waals surface area contributed by atoms with Crippen LogP contribution in [-0.2, 0) is 17.8 Å². The number of hydrogen-bond acceptors (Lipinski definition) is 6. The van der Waals surface area contributed by atoms with E-state index in [2.05, 4.69) is 28.6 Å². The summed E-state index contributed by atoms with van der Waals surface area (Å²) in [6.45, 7) is 9.49. The molecule has 2 fully saturated rings. The Hall–Kier alpha value is -1.99. The van der Waals surface area contributed by atoms with E-state index in [9.17, 15) is 0 Å². The summed E-state index contributed by atoms with van der Waals surface area (Å²) < 4.78 is 7.51. The van der Waals surface area contributed by atoms with Crippen LogP contribution in [0.5, 0.6) is 0 Å². The number of anilines is 2. The molecule has 0 unspecified atom stereocenters. The summed E-state index contributed by atoms with van der Waals surface area (Å²) in [6.07, 6.45) is 9.16. The molecule has 3 aromatic heterocycles. The molecule has 30 heavy (non-hydrogen) atoms. The van der Waals surface area contributed by atoms with Crippen LogP contribution in [0.15, 0.2) is 6.33 Å². The van der Waals surface area contributed by atoms with Crippen LogP contribution >= 0.6 is 11.3 Å². The third-order valence-corrected chi connectivity index (χ3v) is 7.99. The van der Waals surface area contributed by atoms with Crippen molar-refractivity contribution in [1.29, 1.82) is 0 Å². The zero-order valence-corrected chi connectivity index (χ0v) is 18.8. The van der Waals surface area contributed by atoms with E-state index in [4.69, 9.17) is 14.7 Å². The first-order chi connectivity index (χ1) is 14.6. The van der Waals surface area contributed by atoms with E-state index in [-0.39, 0.29) is 5.60 Å². The molecule has 6 rings (SSSR count).